The highest BCUT2D eigenvalue weighted by Gasteiger charge is 1.85. The monoisotopic (exact) mass is 148 g/mol. The van der Waals surface area contributed by atoms with Gasteiger partial charge in [0.1, 0.15) is 0 Å². The topological polar surface area (TPSA) is 67.5 Å². The summed E-state index contributed by atoms with van der Waals surface area (Å²) in [7, 11) is 0. The Morgan fingerprint density at radius 2 is 2.30 bits per heavy atom. The molecule has 0 saturated heterocycles. The Hall–Kier alpha value is -0.160. The maximum Gasteiger partial charge on any atom is 0.0965 e. The van der Waals surface area contributed by atoms with Crippen molar-refractivity contribution in [2.24, 2.45) is 5.73 Å². The highest BCUT2D eigenvalue weighted by Crippen LogP contribution is 1.77. The van der Waals surface area contributed by atoms with Gasteiger partial charge in [-0.3, -0.25) is 5.32 Å². The molecule has 0 radical (unpaired) electrons. The first-order valence-corrected chi connectivity index (χ1v) is 3.51. The number of nitrogens with two attached hydrogens (primary N) is 1. The first-order valence-electron chi connectivity index (χ1n) is 3.51. The second-order valence-electron chi connectivity index (χ2n) is 1.92. The van der Waals surface area contributed by atoms with Crippen LogP contribution in [0.3, 0.4) is 0 Å². The van der Waals surface area contributed by atoms with Crippen molar-refractivity contribution >= 4 is 0 Å². The van der Waals surface area contributed by atoms with E-state index < -0.39 is 0 Å². The zero-order valence-corrected chi connectivity index (χ0v) is 6.18. The molecule has 10 heavy (non-hydrogen) atoms. The van der Waals surface area contributed by atoms with Gasteiger partial charge in [-0.1, -0.05) is 0 Å². The van der Waals surface area contributed by atoms with Gasteiger partial charge in [-0.25, -0.2) is 0 Å². The Labute approximate surface area is 61.4 Å². The van der Waals surface area contributed by atoms with Gasteiger partial charge < -0.3 is 15.6 Å². The third-order valence-electron chi connectivity index (χ3n) is 0.972. The van der Waals surface area contributed by atoms with Crippen LogP contribution in [0.25, 0.3) is 0 Å². The minimum absolute atomic E-state index is 0.191. The minimum Gasteiger partial charge on any atom is -0.396 e. The van der Waals surface area contributed by atoms with Gasteiger partial charge in [0.25, 0.3) is 0 Å². The molecule has 0 heterocycles. The third kappa shape index (κ3) is 7.84. The van der Waals surface area contributed by atoms with E-state index in [1.54, 1.807) is 0 Å². The van der Waals surface area contributed by atoms with Crippen LogP contribution in [-0.2, 0) is 4.74 Å². The average Bonchev–Trinajstić information content (AvgIpc) is 1.97. The molecule has 0 aromatic heterocycles. The lowest BCUT2D eigenvalue weighted by Crippen LogP contribution is -2.25. The fourth-order valence-corrected chi connectivity index (χ4v) is 0.485. The van der Waals surface area contributed by atoms with Crippen LogP contribution in [0.1, 0.15) is 6.42 Å². The summed E-state index contributed by atoms with van der Waals surface area (Å²) in [5.74, 6) is 0. The van der Waals surface area contributed by atoms with Crippen molar-refractivity contribution < 1.29 is 9.84 Å². The largest absolute Gasteiger partial charge is 0.396 e. The van der Waals surface area contributed by atoms with Crippen molar-refractivity contribution in [2.75, 3.05) is 33.0 Å². The van der Waals surface area contributed by atoms with Crippen molar-refractivity contribution in [3.63, 3.8) is 0 Å². The van der Waals surface area contributed by atoms with Crippen molar-refractivity contribution in [1.29, 1.82) is 0 Å². The van der Waals surface area contributed by atoms with Crippen LogP contribution in [-0.4, -0.2) is 38.1 Å². The van der Waals surface area contributed by atoms with Crippen LogP contribution >= 0.6 is 0 Å². The van der Waals surface area contributed by atoms with Crippen molar-refractivity contribution in [1.82, 2.24) is 5.32 Å². The van der Waals surface area contributed by atoms with Gasteiger partial charge in [0.15, 0.2) is 0 Å². The summed E-state index contributed by atoms with van der Waals surface area (Å²) >= 11 is 0. The molecule has 0 unspecified atom stereocenters. The van der Waals surface area contributed by atoms with E-state index >= 15 is 0 Å². The Balaban J connectivity index is 2.65. The smallest absolute Gasteiger partial charge is 0.0965 e. The molecule has 62 valence electrons. The highest BCUT2D eigenvalue weighted by atomic mass is 16.5. The summed E-state index contributed by atoms with van der Waals surface area (Å²) in [4.78, 5) is 0. The van der Waals surface area contributed by atoms with Crippen LogP contribution < -0.4 is 11.1 Å². The number of ether oxygens (including phenoxy) is 1. The molecule has 0 aliphatic carbocycles. The van der Waals surface area contributed by atoms with Gasteiger partial charge in [-0.15, -0.1) is 0 Å². The van der Waals surface area contributed by atoms with Crippen LogP contribution in [0.2, 0.25) is 0 Å². The molecule has 0 bridgehead atoms. The summed E-state index contributed by atoms with van der Waals surface area (Å²) in [6, 6.07) is 0. The second kappa shape index (κ2) is 8.84. The average molecular weight is 148 g/mol. The predicted octanol–water partition coefficient (Wildman–Crippen LogP) is -1.11. The first kappa shape index (κ1) is 9.84. The first-order chi connectivity index (χ1) is 4.91. The summed E-state index contributed by atoms with van der Waals surface area (Å²) in [6.45, 7) is 2.73. The minimum atomic E-state index is 0.191. The van der Waals surface area contributed by atoms with E-state index in [9.17, 15) is 0 Å². The zero-order valence-electron chi connectivity index (χ0n) is 6.18. The summed E-state index contributed by atoms with van der Waals surface area (Å²) in [5, 5.41) is 11.3. The Kier molecular flexibility index (Phi) is 8.70. The molecule has 4 N–H and O–H groups in total. The molecule has 0 aliphatic heterocycles. The predicted molar refractivity (Wildman–Crippen MR) is 39.6 cm³/mol. The molecular formula is C6H16N2O2. The van der Waals surface area contributed by atoms with Gasteiger partial charge in [0, 0.05) is 19.7 Å². The van der Waals surface area contributed by atoms with Gasteiger partial charge >= 0.3 is 0 Å². The van der Waals surface area contributed by atoms with Crippen molar-refractivity contribution in [3.05, 3.63) is 0 Å². The van der Waals surface area contributed by atoms with Crippen molar-refractivity contribution in [2.45, 2.75) is 6.42 Å². The summed E-state index contributed by atoms with van der Waals surface area (Å²) in [6.07, 6.45) is 0.699. The fourth-order valence-electron chi connectivity index (χ4n) is 0.485. The maximum absolute atomic E-state index is 8.35. The van der Waals surface area contributed by atoms with E-state index in [2.05, 4.69) is 5.32 Å². The van der Waals surface area contributed by atoms with Crippen molar-refractivity contribution in [3.8, 4) is 0 Å². The SMILES string of the molecule is NCCNCOCCCO. The molecule has 4 heteroatoms. The molecule has 0 aromatic carbocycles. The Bertz CT molecular complexity index is 53.7. The van der Waals surface area contributed by atoms with Gasteiger partial charge in [0.2, 0.25) is 0 Å². The fraction of sp³-hybridized carbons (Fsp3) is 1.00. The normalized spacial score (nSPS) is 10.2. The van der Waals surface area contributed by atoms with E-state index in [1.807, 2.05) is 0 Å². The third-order valence-corrected chi connectivity index (χ3v) is 0.972. The van der Waals surface area contributed by atoms with E-state index in [1.165, 1.54) is 0 Å². The molecule has 0 rings (SSSR count). The zero-order chi connectivity index (χ0) is 7.66. The lowest BCUT2D eigenvalue weighted by molar-refractivity contribution is 0.102. The molecule has 0 fully saturated rings. The number of aliphatic hydroxyl groups excluding tert-OH is 1. The van der Waals surface area contributed by atoms with Crippen LogP contribution in [0.5, 0.6) is 0 Å². The molecule has 0 aliphatic rings. The number of aliphatic hydroxyl groups is 1. The quantitative estimate of drug-likeness (QED) is 0.316. The Morgan fingerprint density at radius 1 is 1.50 bits per heavy atom. The Morgan fingerprint density at radius 3 is 2.90 bits per heavy atom. The maximum atomic E-state index is 8.35. The molecular weight excluding hydrogens is 132 g/mol. The lowest BCUT2D eigenvalue weighted by atomic mass is 10.5. The molecule has 0 amide bonds. The lowest BCUT2D eigenvalue weighted by Gasteiger charge is -2.02. The number of nitrogens with one attached hydrogen (secondary N) is 1. The molecule has 0 aromatic rings. The molecule has 0 spiro atoms. The van der Waals surface area contributed by atoms with Gasteiger partial charge in [-0.2, -0.15) is 0 Å². The molecule has 4 nitrogen and oxygen atoms in total. The van der Waals surface area contributed by atoms with E-state index in [0.29, 0.717) is 26.3 Å². The standard InChI is InChI=1S/C6H16N2O2/c7-2-3-8-6-10-5-1-4-9/h8-9H,1-7H2. The van der Waals surface area contributed by atoms with Crippen LogP contribution in [0.4, 0.5) is 0 Å². The van der Waals surface area contributed by atoms with Gasteiger partial charge in [0.05, 0.1) is 13.3 Å². The molecule has 0 saturated carbocycles. The highest BCUT2D eigenvalue weighted by molar-refractivity contribution is 4.39. The van der Waals surface area contributed by atoms with E-state index in [0.717, 1.165) is 6.54 Å². The van der Waals surface area contributed by atoms with E-state index in [-0.39, 0.29) is 6.61 Å². The summed E-state index contributed by atoms with van der Waals surface area (Å²) in [5.41, 5.74) is 5.21. The van der Waals surface area contributed by atoms with Gasteiger partial charge in [-0.05, 0) is 6.42 Å². The number of hydrogen-bond donors (Lipinski definition) is 3. The number of hydrogen-bond acceptors (Lipinski definition) is 4. The van der Waals surface area contributed by atoms with Crippen LogP contribution in [0, 0.1) is 0 Å². The molecule has 0 atom stereocenters. The second-order valence-corrected chi connectivity index (χ2v) is 1.92. The van der Waals surface area contributed by atoms with Crippen LogP contribution in [0.15, 0.2) is 0 Å². The summed E-state index contributed by atoms with van der Waals surface area (Å²) < 4.78 is 5.05. The van der Waals surface area contributed by atoms with E-state index in [4.69, 9.17) is 15.6 Å². The number of rotatable bonds is 7.